The van der Waals surface area contributed by atoms with Crippen LogP contribution in [0.4, 0.5) is 0 Å². The summed E-state index contributed by atoms with van der Waals surface area (Å²) in [6, 6.07) is 8.52. The van der Waals surface area contributed by atoms with E-state index in [4.69, 9.17) is 11.0 Å². The molecule has 7 heteroatoms. The van der Waals surface area contributed by atoms with Crippen LogP contribution in [0.25, 0.3) is 0 Å². The number of nitriles is 1. The number of halogens is 1. The Labute approximate surface area is 144 Å². The number of benzene rings is 1. The van der Waals surface area contributed by atoms with Gasteiger partial charge in [0.2, 0.25) is 10.0 Å². The van der Waals surface area contributed by atoms with Crippen LogP contribution in [0.1, 0.15) is 43.2 Å². The van der Waals surface area contributed by atoms with Crippen molar-refractivity contribution in [1.29, 1.82) is 5.26 Å². The first-order valence-electron chi connectivity index (χ1n) is 7.73. The third-order valence-electron chi connectivity index (χ3n) is 4.22. The fourth-order valence-electron chi connectivity index (χ4n) is 3.10. The molecule has 1 saturated carbocycles. The minimum Gasteiger partial charge on any atom is -0.329 e. The molecule has 1 aromatic rings. The van der Waals surface area contributed by atoms with Crippen LogP contribution in [0, 0.1) is 17.2 Å². The summed E-state index contributed by atoms with van der Waals surface area (Å²) in [5, 5.41) is 8.88. The van der Waals surface area contributed by atoms with Gasteiger partial charge in [0, 0.05) is 12.6 Å². The van der Waals surface area contributed by atoms with E-state index in [1.165, 1.54) is 6.42 Å². The fraction of sp³-hybridized carbons (Fsp3) is 0.562. The molecular formula is C16H24ClN3O2S. The molecule has 1 aliphatic carbocycles. The van der Waals surface area contributed by atoms with E-state index >= 15 is 0 Å². The van der Waals surface area contributed by atoms with Gasteiger partial charge < -0.3 is 5.73 Å². The fourth-order valence-corrected chi connectivity index (χ4v) is 4.55. The summed E-state index contributed by atoms with van der Waals surface area (Å²) < 4.78 is 27.5. The van der Waals surface area contributed by atoms with Crippen LogP contribution < -0.4 is 10.5 Å². The van der Waals surface area contributed by atoms with Crippen molar-refractivity contribution in [3.63, 3.8) is 0 Å². The van der Waals surface area contributed by atoms with E-state index in [-0.39, 0.29) is 24.2 Å². The van der Waals surface area contributed by atoms with Crippen molar-refractivity contribution in [2.45, 2.75) is 43.9 Å². The lowest BCUT2D eigenvalue weighted by atomic mass is 9.84. The highest BCUT2D eigenvalue weighted by Gasteiger charge is 2.26. The van der Waals surface area contributed by atoms with Crippen LogP contribution in [0.15, 0.2) is 24.3 Å². The van der Waals surface area contributed by atoms with Crippen molar-refractivity contribution in [2.24, 2.45) is 11.7 Å². The summed E-state index contributed by atoms with van der Waals surface area (Å²) >= 11 is 0. The first-order valence-corrected chi connectivity index (χ1v) is 9.38. The lowest BCUT2D eigenvalue weighted by Crippen LogP contribution is -2.46. The van der Waals surface area contributed by atoms with Gasteiger partial charge >= 0.3 is 0 Å². The number of hydrogen-bond acceptors (Lipinski definition) is 4. The Morgan fingerprint density at radius 1 is 1.30 bits per heavy atom. The second-order valence-corrected chi connectivity index (χ2v) is 7.68. The smallest absolute Gasteiger partial charge is 0.216 e. The summed E-state index contributed by atoms with van der Waals surface area (Å²) in [5.41, 5.74) is 6.86. The van der Waals surface area contributed by atoms with E-state index in [2.05, 4.69) is 4.72 Å². The zero-order valence-electron chi connectivity index (χ0n) is 13.1. The van der Waals surface area contributed by atoms with Crippen LogP contribution in [0.5, 0.6) is 0 Å². The molecule has 1 fully saturated rings. The topological polar surface area (TPSA) is 96.0 Å². The SMILES string of the molecule is Cl.N#Cc1cccc(CS(=O)(=O)NC(CN)C2CCCCC2)c1. The highest BCUT2D eigenvalue weighted by Crippen LogP contribution is 2.26. The van der Waals surface area contributed by atoms with Crippen molar-refractivity contribution in [2.75, 3.05) is 6.54 Å². The van der Waals surface area contributed by atoms with Gasteiger partial charge in [-0.1, -0.05) is 31.4 Å². The van der Waals surface area contributed by atoms with Crippen LogP contribution in [0.3, 0.4) is 0 Å². The van der Waals surface area contributed by atoms with E-state index in [0.717, 1.165) is 25.7 Å². The Balaban J connectivity index is 0.00000264. The van der Waals surface area contributed by atoms with Crippen molar-refractivity contribution in [1.82, 2.24) is 4.72 Å². The Morgan fingerprint density at radius 3 is 2.61 bits per heavy atom. The summed E-state index contributed by atoms with van der Waals surface area (Å²) in [7, 11) is -3.46. The molecule has 1 aliphatic rings. The molecule has 0 aromatic heterocycles. The molecule has 5 nitrogen and oxygen atoms in total. The van der Waals surface area contributed by atoms with E-state index < -0.39 is 10.0 Å². The average molecular weight is 358 g/mol. The molecule has 1 unspecified atom stereocenters. The lowest BCUT2D eigenvalue weighted by molar-refractivity contribution is 0.294. The molecule has 2 rings (SSSR count). The zero-order valence-corrected chi connectivity index (χ0v) is 14.7. The number of rotatable bonds is 6. The molecule has 23 heavy (non-hydrogen) atoms. The van der Waals surface area contributed by atoms with E-state index in [1.54, 1.807) is 24.3 Å². The van der Waals surface area contributed by atoms with Crippen LogP contribution >= 0.6 is 12.4 Å². The summed E-state index contributed by atoms with van der Waals surface area (Å²) in [6.45, 7) is 0.322. The van der Waals surface area contributed by atoms with Gasteiger partial charge in [0.1, 0.15) is 0 Å². The van der Waals surface area contributed by atoms with E-state index in [0.29, 0.717) is 23.6 Å². The average Bonchev–Trinajstić information content (AvgIpc) is 2.53. The maximum Gasteiger partial charge on any atom is 0.216 e. The molecule has 0 aliphatic heterocycles. The van der Waals surface area contributed by atoms with Crippen LogP contribution in [-0.2, 0) is 15.8 Å². The summed E-state index contributed by atoms with van der Waals surface area (Å²) in [5.74, 6) is 0.213. The molecule has 0 heterocycles. The first-order chi connectivity index (χ1) is 10.5. The number of nitrogens with two attached hydrogens (primary N) is 1. The molecule has 1 aromatic carbocycles. The molecule has 1 atom stereocenters. The Bertz CT molecular complexity index is 637. The van der Waals surface area contributed by atoms with Gasteiger partial charge in [0.25, 0.3) is 0 Å². The minimum atomic E-state index is -3.46. The van der Waals surface area contributed by atoms with Gasteiger partial charge in [-0.25, -0.2) is 13.1 Å². The molecule has 0 amide bonds. The lowest BCUT2D eigenvalue weighted by Gasteiger charge is -2.29. The standard InChI is InChI=1S/C16H23N3O2S.ClH/c17-10-13-5-4-6-14(9-13)12-22(20,21)19-16(11-18)15-7-2-1-3-8-15;/h4-6,9,15-16,19H,1-3,7-8,11-12,18H2;1H. The summed E-state index contributed by atoms with van der Waals surface area (Å²) in [4.78, 5) is 0. The Kier molecular flexibility index (Phi) is 8.00. The Morgan fingerprint density at radius 2 is 2.00 bits per heavy atom. The van der Waals surface area contributed by atoms with Crippen molar-refractivity contribution < 1.29 is 8.42 Å². The van der Waals surface area contributed by atoms with Gasteiger partial charge in [0.05, 0.1) is 17.4 Å². The highest BCUT2D eigenvalue weighted by molar-refractivity contribution is 7.88. The maximum atomic E-state index is 12.4. The number of hydrogen-bond donors (Lipinski definition) is 2. The maximum absolute atomic E-state index is 12.4. The second kappa shape index (κ2) is 9.24. The monoisotopic (exact) mass is 357 g/mol. The van der Waals surface area contributed by atoms with E-state index in [9.17, 15) is 8.42 Å². The molecule has 0 spiro atoms. The van der Waals surface area contributed by atoms with Crippen LogP contribution in [0.2, 0.25) is 0 Å². The van der Waals surface area contributed by atoms with Crippen molar-refractivity contribution in [3.8, 4) is 6.07 Å². The van der Waals surface area contributed by atoms with Gasteiger partial charge in [-0.2, -0.15) is 5.26 Å². The summed E-state index contributed by atoms with van der Waals surface area (Å²) in [6.07, 6.45) is 5.59. The van der Waals surface area contributed by atoms with Crippen LogP contribution in [-0.4, -0.2) is 21.0 Å². The van der Waals surface area contributed by atoms with E-state index in [1.807, 2.05) is 6.07 Å². The molecule has 0 bridgehead atoms. The van der Waals surface area contributed by atoms with Gasteiger partial charge in [-0.15, -0.1) is 12.4 Å². The molecule has 128 valence electrons. The largest absolute Gasteiger partial charge is 0.329 e. The number of nitrogens with zero attached hydrogens (tertiary/aromatic N) is 1. The zero-order chi connectivity index (χ0) is 16.0. The molecule has 0 radical (unpaired) electrons. The van der Waals surface area contributed by atoms with Gasteiger partial charge in [-0.05, 0) is 36.5 Å². The van der Waals surface area contributed by atoms with Crippen molar-refractivity contribution >= 4 is 22.4 Å². The van der Waals surface area contributed by atoms with Gasteiger partial charge in [-0.3, -0.25) is 0 Å². The quantitative estimate of drug-likeness (QED) is 0.816. The number of nitrogens with one attached hydrogen (secondary N) is 1. The molecule has 3 N–H and O–H groups in total. The highest BCUT2D eigenvalue weighted by atomic mass is 35.5. The first kappa shape index (κ1) is 19.9. The Hall–Kier alpha value is -1.13. The second-order valence-electron chi connectivity index (χ2n) is 5.93. The number of sulfonamides is 1. The molecular weight excluding hydrogens is 334 g/mol. The minimum absolute atomic E-state index is 0. The van der Waals surface area contributed by atoms with Gasteiger partial charge in [0.15, 0.2) is 0 Å². The third kappa shape index (κ3) is 6.11. The molecule has 0 saturated heterocycles. The predicted molar refractivity (Wildman–Crippen MR) is 93.6 cm³/mol. The third-order valence-corrected chi connectivity index (χ3v) is 5.59. The predicted octanol–water partition coefficient (Wildman–Crippen LogP) is 2.31. The normalized spacial score (nSPS) is 17.0. The van der Waals surface area contributed by atoms with Crippen molar-refractivity contribution in [3.05, 3.63) is 35.4 Å².